The number of aliphatic carboxylic acids is 1. The highest BCUT2D eigenvalue weighted by atomic mass is 19.1. The summed E-state index contributed by atoms with van der Waals surface area (Å²) < 4.78 is 18.2. The molecule has 0 saturated heterocycles. The molecular formula is C15H20FNO4. The van der Waals surface area contributed by atoms with E-state index in [1.807, 2.05) is 0 Å². The molecule has 5 nitrogen and oxygen atoms in total. The fourth-order valence-corrected chi connectivity index (χ4v) is 1.76. The second kappa shape index (κ2) is 6.11. The lowest BCUT2D eigenvalue weighted by molar-refractivity contribution is -0.144. The van der Waals surface area contributed by atoms with Crippen molar-refractivity contribution in [2.45, 2.75) is 45.3 Å². The van der Waals surface area contributed by atoms with Crippen LogP contribution < -0.4 is 5.32 Å². The van der Waals surface area contributed by atoms with Crippen molar-refractivity contribution in [1.82, 2.24) is 5.32 Å². The first-order chi connectivity index (χ1) is 9.52. The lowest BCUT2D eigenvalue weighted by atomic mass is 9.93. The zero-order valence-corrected chi connectivity index (χ0v) is 12.6. The summed E-state index contributed by atoms with van der Waals surface area (Å²) >= 11 is 0. The van der Waals surface area contributed by atoms with Gasteiger partial charge in [0.25, 0.3) is 0 Å². The molecule has 0 fully saturated rings. The molecule has 1 aromatic carbocycles. The third kappa shape index (κ3) is 5.41. The number of hydrogen-bond donors (Lipinski definition) is 2. The summed E-state index contributed by atoms with van der Waals surface area (Å²) in [5, 5.41) is 11.7. The molecule has 116 valence electrons. The van der Waals surface area contributed by atoms with Gasteiger partial charge in [-0.1, -0.05) is 12.1 Å². The van der Waals surface area contributed by atoms with Gasteiger partial charge in [0.15, 0.2) is 0 Å². The van der Waals surface area contributed by atoms with E-state index in [0.717, 1.165) is 0 Å². The van der Waals surface area contributed by atoms with Crippen LogP contribution in [0.3, 0.4) is 0 Å². The van der Waals surface area contributed by atoms with Gasteiger partial charge in [-0.15, -0.1) is 0 Å². The van der Waals surface area contributed by atoms with Crippen molar-refractivity contribution >= 4 is 12.1 Å². The fourth-order valence-electron chi connectivity index (χ4n) is 1.76. The van der Waals surface area contributed by atoms with Gasteiger partial charge in [-0.05, 0) is 45.4 Å². The molecule has 0 aliphatic heterocycles. The molecule has 0 unspecified atom stereocenters. The van der Waals surface area contributed by atoms with E-state index in [1.54, 1.807) is 26.8 Å². The Morgan fingerprint density at radius 1 is 1.29 bits per heavy atom. The van der Waals surface area contributed by atoms with Gasteiger partial charge >= 0.3 is 12.1 Å². The van der Waals surface area contributed by atoms with Crippen LogP contribution in [0.2, 0.25) is 0 Å². The van der Waals surface area contributed by atoms with Gasteiger partial charge in [-0.3, -0.25) is 0 Å². The van der Waals surface area contributed by atoms with E-state index in [-0.39, 0.29) is 6.42 Å². The maximum absolute atomic E-state index is 13.2. The summed E-state index contributed by atoms with van der Waals surface area (Å²) in [6.07, 6.45) is -0.886. The molecule has 1 amide bonds. The summed E-state index contributed by atoms with van der Waals surface area (Å²) in [4.78, 5) is 23.2. The highest BCUT2D eigenvalue weighted by Crippen LogP contribution is 2.16. The van der Waals surface area contributed by atoms with Crippen LogP contribution in [-0.2, 0) is 16.0 Å². The molecule has 0 radical (unpaired) electrons. The number of nitrogens with one attached hydrogen (secondary N) is 1. The number of alkyl carbamates (subject to hydrolysis) is 1. The van der Waals surface area contributed by atoms with Gasteiger partial charge in [-0.2, -0.15) is 0 Å². The van der Waals surface area contributed by atoms with E-state index >= 15 is 0 Å². The van der Waals surface area contributed by atoms with Crippen LogP contribution >= 0.6 is 0 Å². The number of amides is 1. The molecule has 0 aromatic heterocycles. The smallest absolute Gasteiger partial charge is 0.408 e. The van der Waals surface area contributed by atoms with E-state index in [0.29, 0.717) is 5.56 Å². The van der Waals surface area contributed by atoms with E-state index in [4.69, 9.17) is 4.74 Å². The lowest BCUT2D eigenvalue weighted by Crippen LogP contribution is -2.54. The average Bonchev–Trinajstić information content (AvgIpc) is 2.25. The van der Waals surface area contributed by atoms with Gasteiger partial charge in [0.1, 0.15) is 17.0 Å². The minimum Gasteiger partial charge on any atom is -0.480 e. The Morgan fingerprint density at radius 3 is 2.38 bits per heavy atom. The molecule has 0 heterocycles. The first-order valence-electron chi connectivity index (χ1n) is 6.51. The Morgan fingerprint density at radius 2 is 1.90 bits per heavy atom. The van der Waals surface area contributed by atoms with E-state index in [1.165, 1.54) is 25.1 Å². The highest BCUT2D eigenvalue weighted by Gasteiger charge is 2.36. The normalized spacial score (nSPS) is 14.1. The van der Waals surface area contributed by atoms with Gasteiger partial charge < -0.3 is 15.2 Å². The summed E-state index contributed by atoms with van der Waals surface area (Å²) in [7, 11) is 0. The Bertz CT molecular complexity index is 539. The standard InChI is InChI=1S/C15H20FNO4/c1-14(2,3)21-13(20)17-15(4,12(18)19)9-10-6-5-7-11(16)8-10/h5-8H,9H2,1-4H3,(H,17,20)(H,18,19)/t15-/m0/s1. The molecular weight excluding hydrogens is 277 g/mol. The van der Waals surface area contributed by atoms with Gasteiger partial charge in [-0.25, -0.2) is 14.0 Å². The van der Waals surface area contributed by atoms with Crippen LogP contribution in [0.15, 0.2) is 24.3 Å². The number of ether oxygens (including phenoxy) is 1. The number of halogens is 1. The molecule has 2 N–H and O–H groups in total. The maximum Gasteiger partial charge on any atom is 0.408 e. The van der Waals surface area contributed by atoms with E-state index in [9.17, 15) is 19.1 Å². The topological polar surface area (TPSA) is 75.6 Å². The highest BCUT2D eigenvalue weighted by molar-refractivity contribution is 5.84. The van der Waals surface area contributed by atoms with Crippen molar-refractivity contribution in [3.05, 3.63) is 35.6 Å². The van der Waals surface area contributed by atoms with Crippen molar-refractivity contribution in [1.29, 1.82) is 0 Å². The van der Waals surface area contributed by atoms with Crippen LogP contribution in [0.25, 0.3) is 0 Å². The van der Waals surface area contributed by atoms with Gasteiger partial charge in [0.2, 0.25) is 0 Å². The lowest BCUT2D eigenvalue weighted by Gasteiger charge is -2.28. The van der Waals surface area contributed by atoms with Gasteiger partial charge in [0, 0.05) is 6.42 Å². The largest absolute Gasteiger partial charge is 0.480 e. The maximum atomic E-state index is 13.2. The van der Waals surface area contributed by atoms with Crippen molar-refractivity contribution in [3.63, 3.8) is 0 Å². The predicted molar refractivity (Wildman–Crippen MR) is 75.5 cm³/mol. The van der Waals surface area contributed by atoms with Crippen LogP contribution in [-0.4, -0.2) is 28.3 Å². The third-order valence-corrected chi connectivity index (χ3v) is 2.70. The fraction of sp³-hybridized carbons (Fsp3) is 0.467. The van der Waals surface area contributed by atoms with Gasteiger partial charge in [0.05, 0.1) is 0 Å². The molecule has 6 heteroatoms. The van der Waals surface area contributed by atoms with Crippen LogP contribution in [0, 0.1) is 5.82 Å². The summed E-state index contributed by atoms with van der Waals surface area (Å²) in [5.74, 6) is -1.69. The van der Waals surface area contributed by atoms with Crippen LogP contribution in [0.5, 0.6) is 0 Å². The Hall–Kier alpha value is -2.11. The summed E-state index contributed by atoms with van der Waals surface area (Å²) in [6.45, 7) is 6.38. The minimum absolute atomic E-state index is 0.0562. The number of carbonyl (C=O) groups excluding carboxylic acids is 1. The second-order valence-electron chi connectivity index (χ2n) is 6.07. The van der Waals surface area contributed by atoms with Crippen LogP contribution in [0.4, 0.5) is 9.18 Å². The van der Waals surface area contributed by atoms with Crippen molar-refractivity contribution in [3.8, 4) is 0 Å². The minimum atomic E-state index is -1.59. The molecule has 1 rings (SSSR count). The average molecular weight is 297 g/mol. The number of carboxylic acid groups (broad SMARTS) is 1. The third-order valence-electron chi connectivity index (χ3n) is 2.70. The number of hydrogen-bond acceptors (Lipinski definition) is 3. The van der Waals surface area contributed by atoms with E-state index < -0.39 is 29.0 Å². The number of rotatable bonds is 4. The molecule has 1 aromatic rings. The Balaban J connectivity index is 2.88. The molecule has 0 aliphatic carbocycles. The number of carbonyl (C=O) groups is 2. The van der Waals surface area contributed by atoms with Crippen molar-refractivity contribution in [2.75, 3.05) is 0 Å². The quantitative estimate of drug-likeness (QED) is 0.896. The Kier molecular flexibility index (Phi) is 4.93. The molecule has 21 heavy (non-hydrogen) atoms. The Labute approximate surface area is 123 Å². The number of carboxylic acids is 1. The van der Waals surface area contributed by atoms with Crippen LogP contribution in [0.1, 0.15) is 33.3 Å². The van der Waals surface area contributed by atoms with E-state index in [2.05, 4.69) is 5.32 Å². The molecule has 0 bridgehead atoms. The molecule has 1 atom stereocenters. The zero-order valence-electron chi connectivity index (χ0n) is 12.6. The predicted octanol–water partition coefficient (Wildman–Crippen LogP) is 2.74. The summed E-state index contributed by atoms with van der Waals surface area (Å²) in [5.41, 5.74) is -1.85. The SMILES string of the molecule is CC(C)(C)OC(=O)N[C@@](C)(Cc1cccc(F)c1)C(=O)O. The van der Waals surface area contributed by atoms with Crippen molar-refractivity contribution < 1.29 is 23.8 Å². The first kappa shape index (κ1) is 16.9. The molecule has 0 spiro atoms. The zero-order chi connectivity index (χ0) is 16.3. The number of benzene rings is 1. The molecule has 0 aliphatic rings. The summed E-state index contributed by atoms with van der Waals surface area (Å²) in [6, 6.07) is 5.59. The van der Waals surface area contributed by atoms with Crippen molar-refractivity contribution in [2.24, 2.45) is 0 Å². The first-order valence-corrected chi connectivity index (χ1v) is 6.51. The second-order valence-corrected chi connectivity index (χ2v) is 6.07. The monoisotopic (exact) mass is 297 g/mol. The molecule has 0 saturated carbocycles.